The Morgan fingerprint density at radius 3 is 2.56 bits per heavy atom. The molecule has 0 aliphatic rings. The predicted molar refractivity (Wildman–Crippen MR) is 67.9 cm³/mol. The lowest BCUT2D eigenvalue weighted by atomic mass is 10.2. The highest BCUT2D eigenvalue weighted by Crippen LogP contribution is 2.12. The topological polar surface area (TPSA) is 56.2 Å². The average molecular weight is 248 g/mol. The first kappa shape index (κ1) is 12.4. The number of ether oxygens (including phenoxy) is 2. The van der Waals surface area contributed by atoms with Gasteiger partial charge in [0.15, 0.2) is 0 Å². The van der Waals surface area contributed by atoms with E-state index >= 15 is 0 Å². The second-order valence-electron chi connectivity index (χ2n) is 3.93. The van der Waals surface area contributed by atoms with Gasteiger partial charge in [-0.15, -0.1) is 0 Å². The van der Waals surface area contributed by atoms with Crippen molar-refractivity contribution in [3.05, 3.63) is 51.9 Å². The van der Waals surface area contributed by atoms with Gasteiger partial charge in [-0.1, -0.05) is 30.3 Å². The van der Waals surface area contributed by atoms with Gasteiger partial charge in [-0.2, -0.15) is 0 Å². The molecule has 0 saturated heterocycles. The fourth-order valence-electron chi connectivity index (χ4n) is 1.85. The van der Waals surface area contributed by atoms with Crippen molar-refractivity contribution in [3.63, 3.8) is 0 Å². The van der Waals surface area contributed by atoms with Gasteiger partial charge in [0.2, 0.25) is 5.75 Å². The van der Waals surface area contributed by atoms with E-state index in [0.717, 1.165) is 5.56 Å². The largest absolute Gasteiger partial charge is 0.490 e. The van der Waals surface area contributed by atoms with Crippen molar-refractivity contribution in [2.24, 2.45) is 0 Å². The molecule has 0 fully saturated rings. The number of hydrogen-bond acceptors (Lipinski definition) is 3. The Bertz CT molecular complexity index is 557. The van der Waals surface area contributed by atoms with Gasteiger partial charge in [-0.3, -0.25) is 9.89 Å². The molecule has 0 aliphatic heterocycles. The van der Waals surface area contributed by atoms with E-state index in [1.54, 1.807) is 7.11 Å². The number of nitrogens with zero attached hydrogens (tertiary/aromatic N) is 1. The Kier molecular flexibility index (Phi) is 3.84. The highest BCUT2D eigenvalue weighted by atomic mass is 16.5. The number of H-pyrrole nitrogens is 1. The van der Waals surface area contributed by atoms with Crippen LogP contribution in [-0.2, 0) is 17.9 Å². The molecule has 1 aromatic carbocycles. The van der Waals surface area contributed by atoms with Crippen LogP contribution in [0.25, 0.3) is 0 Å². The Labute approximate surface area is 105 Å². The maximum absolute atomic E-state index is 12.1. The molecular formula is C13H16N2O3. The summed E-state index contributed by atoms with van der Waals surface area (Å²) in [7, 11) is 3.06. The molecule has 0 aliphatic carbocycles. The molecule has 0 atom stereocenters. The first-order valence-corrected chi connectivity index (χ1v) is 5.64. The summed E-state index contributed by atoms with van der Waals surface area (Å²) in [5, 5.41) is 3.00. The normalized spacial score (nSPS) is 10.6. The zero-order chi connectivity index (χ0) is 13.0. The standard InChI is InChI=1S/C13H16N2O3/c1-17-9-11-12(18-2)13(16)15(14-11)8-10-6-4-3-5-7-10/h3-7,14H,8-9H2,1-2H3. The van der Waals surface area contributed by atoms with Gasteiger partial charge in [-0.05, 0) is 5.56 Å². The van der Waals surface area contributed by atoms with Crippen molar-refractivity contribution >= 4 is 0 Å². The van der Waals surface area contributed by atoms with Crippen LogP contribution in [0.5, 0.6) is 5.75 Å². The molecule has 18 heavy (non-hydrogen) atoms. The van der Waals surface area contributed by atoms with Crippen molar-refractivity contribution in [2.45, 2.75) is 13.2 Å². The summed E-state index contributed by atoms with van der Waals surface area (Å²) < 4.78 is 11.6. The molecule has 0 amide bonds. The highest BCUT2D eigenvalue weighted by Gasteiger charge is 2.14. The Balaban J connectivity index is 2.31. The van der Waals surface area contributed by atoms with Crippen LogP contribution in [0.1, 0.15) is 11.3 Å². The van der Waals surface area contributed by atoms with E-state index in [9.17, 15) is 4.79 Å². The molecule has 5 nitrogen and oxygen atoms in total. The molecule has 0 bridgehead atoms. The molecule has 1 N–H and O–H groups in total. The van der Waals surface area contributed by atoms with Crippen molar-refractivity contribution < 1.29 is 9.47 Å². The second-order valence-corrected chi connectivity index (χ2v) is 3.93. The Morgan fingerprint density at radius 1 is 1.22 bits per heavy atom. The molecule has 2 rings (SSSR count). The molecule has 0 unspecified atom stereocenters. The first-order chi connectivity index (χ1) is 8.76. The summed E-state index contributed by atoms with van der Waals surface area (Å²) in [5.41, 5.74) is 1.53. The zero-order valence-corrected chi connectivity index (χ0v) is 10.5. The number of nitrogens with one attached hydrogen (secondary N) is 1. The first-order valence-electron chi connectivity index (χ1n) is 5.64. The molecular weight excluding hydrogens is 232 g/mol. The van der Waals surface area contributed by atoms with Gasteiger partial charge >= 0.3 is 5.56 Å². The monoisotopic (exact) mass is 248 g/mol. The quantitative estimate of drug-likeness (QED) is 0.869. The van der Waals surface area contributed by atoms with Gasteiger partial charge in [0.25, 0.3) is 0 Å². The summed E-state index contributed by atoms with van der Waals surface area (Å²) in [6.07, 6.45) is 0. The van der Waals surface area contributed by atoms with Crippen LogP contribution in [0.3, 0.4) is 0 Å². The SMILES string of the molecule is COCc1[nH]n(Cc2ccccc2)c(=O)c1OC. The summed E-state index contributed by atoms with van der Waals surface area (Å²) in [6.45, 7) is 0.806. The molecule has 0 saturated carbocycles. The summed E-state index contributed by atoms with van der Waals surface area (Å²) in [5.74, 6) is 0.313. The number of hydrogen-bond donors (Lipinski definition) is 1. The predicted octanol–water partition coefficient (Wildman–Crippen LogP) is 1.38. The summed E-state index contributed by atoms with van der Waals surface area (Å²) in [4.78, 5) is 12.1. The lowest BCUT2D eigenvalue weighted by molar-refractivity contribution is 0.177. The fraction of sp³-hybridized carbons (Fsp3) is 0.308. The van der Waals surface area contributed by atoms with Crippen molar-refractivity contribution in [1.29, 1.82) is 0 Å². The second kappa shape index (κ2) is 5.55. The molecule has 0 radical (unpaired) electrons. The third-order valence-corrected chi connectivity index (χ3v) is 2.66. The molecule has 96 valence electrons. The van der Waals surface area contributed by atoms with E-state index in [1.165, 1.54) is 11.8 Å². The van der Waals surface area contributed by atoms with Gasteiger partial charge in [0.05, 0.1) is 20.3 Å². The smallest absolute Gasteiger partial charge is 0.309 e. The van der Waals surface area contributed by atoms with Crippen LogP contribution in [-0.4, -0.2) is 24.0 Å². The molecule has 1 heterocycles. The van der Waals surface area contributed by atoms with Crippen LogP contribution >= 0.6 is 0 Å². The number of rotatable bonds is 5. The van der Waals surface area contributed by atoms with Gasteiger partial charge in [0.1, 0.15) is 5.69 Å². The number of benzene rings is 1. The highest BCUT2D eigenvalue weighted by molar-refractivity contribution is 5.25. The number of aromatic nitrogens is 2. The minimum Gasteiger partial charge on any atom is -0.490 e. The minimum atomic E-state index is -0.173. The Morgan fingerprint density at radius 2 is 1.94 bits per heavy atom. The van der Waals surface area contributed by atoms with Gasteiger partial charge < -0.3 is 9.47 Å². The maximum atomic E-state index is 12.1. The Hall–Kier alpha value is -2.01. The van der Waals surface area contributed by atoms with Crippen molar-refractivity contribution in [3.8, 4) is 5.75 Å². The van der Waals surface area contributed by atoms with E-state index in [0.29, 0.717) is 24.6 Å². The van der Waals surface area contributed by atoms with Crippen LogP contribution in [0.15, 0.2) is 35.1 Å². The van der Waals surface area contributed by atoms with E-state index in [1.807, 2.05) is 30.3 Å². The molecule has 2 aromatic rings. The third-order valence-electron chi connectivity index (χ3n) is 2.66. The van der Waals surface area contributed by atoms with Crippen molar-refractivity contribution in [2.75, 3.05) is 14.2 Å². The van der Waals surface area contributed by atoms with Crippen molar-refractivity contribution in [1.82, 2.24) is 9.78 Å². The minimum absolute atomic E-state index is 0.173. The van der Waals surface area contributed by atoms with Gasteiger partial charge in [-0.25, -0.2) is 4.68 Å². The van der Waals surface area contributed by atoms with E-state index < -0.39 is 0 Å². The molecule has 0 spiro atoms. The third kappa shape index (κ3) is 2.46. The lowest BCUT2D eigenvalue weighted by Crippen LogP contribution is -2.18. The summed E-state index contributed by atoms with van der Waals surface area (Å²) in [6, 6.07) is 9.76. The maximum Gasteiger partial charge on any atom is 0.309 e. The molecule has 1 aromatic heterocycles. The fourth-order valence-corrected chi connectivity index (χ4v) is 1.85. The average Bonchev–Trinajstić information content (AvgIpc) is 2.67. The van der Waals surface area contributed by atoms with Crippen LogP contribution in [0.2, 0.25) is 0 Å². The van der Waals surface area contributed by atoms with Crippen LogP contribution in [0, 0.1) is 0 Å². The lowest BCUT2D eigenvalue weighted by Gasteiger charge is -2.01. The number of aromatic amines is 1. The van der Waals surface area contributed by atoms with E-state index in [2.05, 4.69) is 5.10 Å². The van der Waals surface area contributed by atoms with E-state index in [-0.39, 0.29) is 5.56 Å². The van der Waals surface area contributed by atoms with Crippen LogP contribution < -0.4 is 10.3 Å². The van der Waals surface area contributed by atoms with Crippen LogP contribution in [0.4, 0.5) is 0 Å². The summed E-state index contributed by atoms with van der Waals surface area (Å²) >= 11 is 0. The number of methoxy groups -OCH3 is 2. The zero-order valence-electron chi connectivity index (χ0n) is 10.5. The van der Waals surface area contributed by atoms with Gasteiger partial charge in [0, 0.05) is 7.11 Å². The molecule has 5 heteroatoms. The van der Waals surface area contributed by atoms with E-state index in [4.69, 9.17) is 9.47 Å².